The van der Waals surface area contributed by atoms with Gasteiger partial charge in [-0.1, -0.05) is 55.5 Å². The Labute approximate surface area is 179 Å². The molecule has 0 bridgehead atoms. The van der Waals surface area contributed by atoms with Crippen LogP contribution in [0.4, 0.5) is 11.4 Å². The van der Waals surface area contributed by atoms with Crippen LogP contribution in [-0.2, 0) is 4.84 Å². The Bertz CT molecular complexity index is 950. The highest BCUT2D eigenvalue weighted by Crippen LogP contribution is 2.29. The molecule has 0 amide bonds. The Morgan fingerprint density at radius 2 is 1.43 bits per heavy atom. The highest BCUT2D eigenvalue weighted by Gasteiger charge is 2.20. The van der Waals surface area contributed by atoms with Gasteiger partial charge < -0.3 is 9.74 Å². The number of hydrogen-bond acceptors (Lipinski definition) is 4. The van der Waals surface area contributed by atoms with E-state index < -0.39 is 0 Å². The van der Waals surface area contributed by atoms with Gasteiger partial charge in [-0.15, -0.1) is 0 Å². The normalized spacial score (nSPS) is 11.6. The molecule has 0 saturated carbocycles. The maximum absolute atomic E-state index is 12.9. The molecule has 4 heteroatoms. The Kier molecular flexibility index (Phi) is 7.12. The molecule has 0 saturated heterocycles. The van der Waals surface area contributed by atoms with Crippen LogP contribution in [-0.4, -0.2) is 26.1 Å². The van der Waals surface area contributed by atoms with E-state index in [1.807, 2.05) is 54.6 Å². The molecule has 30 heavy (non-hydrogen) atoms. The Morgan fingerprint density at radius 1 is 0.833 bits per heavy atom. The average Bonchev–Trinajstić information content (AvgIpc) is 2.80. The van der Waals surface area contributed by atoms with Crippen molar-refractivity contribution in [1.82, 2.24) is 0 Å². The molecule has 0 aliphatic rings. The number of hydroxylamine groups is 1. The lowest BCUT2D eigenvalue weighted by Crippen LogP contribution is -2.23. The molecule has 3 aromatic rings. The first-order valence-corrected chi connectivity index (χ1v) is 10.5. The zero-order chi connectivity index (χ0) is 21.5. The van der Waals surface area contributed by atoms with E-state index in [1.165, 1.54) is 16.3 Å². The van der Waals surface area contributed by atoms with Gasteiger partial charge >= 0.3 is 5.97 Å². The van der Waals surface area contributed by atoms with Crippen LogP contribution in [0.2, 0.25) is 0 Å². The molecule has 0 aliphatic carbocycles. The first kappa shape index (κ1) is 21.4. The molecule has 4 nitrogen and oxygen atoms in total. The van der Waals surface area contributed by atoms with Crippen LogP contribution in [0.3, 0.4) is 0 Å². The van der Waals surface area contributed by atoms with E-state index in [0.29, 0.717) is 5.56 Å². The summed E-state index contributed by atoms with van der Waals surface area (Å²) in [5.41, 5.74) is 4.75. The van der Waals surface area contributed by atoms with Crippen LogP contribution < -0.4 is 9.96 Å². The average molecular weight is 403 g/mol. The molecular weight excluding hydrogens is 372 g/mol. The number of anilines is 2. The fourth-order valence-corrected chi connectivity index (χ4v) is 3.67. The third kappa shape index (κ3) is 4.82. The molecule has 3 rings (SSSR count). The van der Waals surface area contributed by atoms with Crippen LogP contribution in [0.5, 0.6) is 0 Å². The minimum absolute atomic E-state index is 0.0709. The number of nitrogens with zero attached hydrogens (tertiary/aromatic N) is 2. The summed E-state index contributed by atoms with van der Waals surface area (Å²) in [6.07, 6.45) is 0. The van der Waals surface area contributed by atoms with Gasteiger partial charge in [0.1, 0.15) is 0 Å². The summed E-state index contributed by atoms with van der Waals surface area (Å²) in [6.45, 7) is 8.41. The van der Waals surface area contributed by atoms with Gasteiger partial charge in [-0.05, 0) is 55.3 Å². The van der Waals surface area contributed by atoms with E-state index in [9.17, 15) is 4.79 Å². The molecule has 1 atom stereocenters. The number of carbonyl (C=O) groups is 1. The van der Waals surface area contributed by atoms with Crippen molar-refractivity contribution in [2.45, 2.75) is 26.7 Å². The number of para-hydroxylation sites is 1. The molecule has 3 aromatic carbocycles. The quantitative estimate of drug-likeness (QED) is 0.440. The van der Waals surface area contributed by atoms with Crippen molar-refractivity contribution >= 4 is 17.3 Å². The van der Waals surface area contributed by atoms with E-state index in [0.717, 1.165) is 24.3 Å². The summed E-state index contributed by atoms with van der Waals surface area (Å²) in [5, 5.41) is 1.50. The molecule has 0 aromatic heterocycles. The van der Waals surface area contributed by atoms with Gasteiger partial charge in [0.2, 0.25) is 0 Å². The molecule has 0 radical (unpaired) electrons. The van der Waals surface area contributed by atoms with E-state index in [2.05, 4.69) is 49.9 Å². The molecule has 0 N–H and O–H groups in total. The maximum Gasteiger partial charge on any atom is 0.363 e. The SMILES string of the molecule is CCN(CC)c1ccc(C(C)c2ccccc2C(=O)ON(C)c2ccccc2)cc1. The summed E-state index contributed by atoms with van der Waals surface area (Å²) < 4.78 is 0. The van der Waals surface area contributed by atoms with Gasteiger partial charge in [0, 0.05) is 31.7 Å². The summed E-state index contributed by atoms with van der Waals surface area (Å²) in [4.78, 5) is 20.9. The summed E-state index contributed by atoms with van der Waals surface area (Å²) >= 11 is 0. The molecule has 1 unspecified atom stereocenters. The van der Waals surface area contributed by atoms with Crippen LogP contribution >= 0.6 is 0 Å². The zero-order valence-electron chi connectivity index (χ0n) is 18.2. The van der Waals surface area contributed by atoms with E-state index in [1.54, 1.807) is 7.05 Å². The standard InChI is InChI=1S/C26H30N2O2/c1-5-28(6-2)23-18-16-21(17-19-23)20(3)24-14-10-11-15-25(24)26(29)30-27(4)22-12-8-7-9-13-22/h7-20H,5-6H2,1-4H3. The fraction of sp³-hybridized carbons (Fsp3) is 0.269. The first-order valence-electron chi connectivity index (χ1n) is 10.5. The van der Waals surface area contributed by atoms with Crippen molar-refractivity contribution in [2.24, 2.45) is 0 Å². The Hall–Kier alpha value is -3.27. The van der Waals surface area contributed by atoms with Gasteiger partial charge in [0.25, 0.3) is 0 Å². The smallest absolute Gasteiger partial charge is 0.363 e. The molecule has 156 valence electrons. The second-order valence-corrected chi connectivity index (χ2v) is 7.28. The molecule has 0 heterocycles. The molecule has 0 fully saturated rings. The van der Waals surface area contributed by atoms with Crippen molar-refractivity contribution in [1.29, 1.82) is 0 Å². The molecule has 0 aliphatic heterocycles. The number of hydrogen-bond donors (Lipinski definition) is 0. The highest BCUT2D eigenvalue weighted by atomic mass is 16.7. The topological polar surface area (TPSA) is 32.8 Å². The van der Waals surface area contributed by atoms with Crippen molar-refractivity contribution < 1.29 is 9.63 Å². The number of carbonyl (C=O) groups excluding carboxylic acids is 1. The second kappa shape index (κ2) is 9.97. The van der Waals surface area contributed by atoms with Gasteiger partial charge in [0.15, 0.2) is 0 Å². The van der Waals surface area contributed by atoms with Gasteiger partial charge in [0.05, 0.1) is 11.3 Å². The van der Waals surface area contributed by atoms with Crippen molar-refractivity contribution in [3.8, 4) is 0 Å². The minimum Gasteiger partial charge on any atom is -0.372 e. The van der Waals surface area contributed by atoms with Crippen molar-refractivity contribution in [3.05, 3.63) is 95.6 Å². The Balaban J connectivity index is 1.81. The third-order valence-corrected chi connectivity index (χ3v) is 5.51. The monoisotopic (exact) mass is 402 g/mol. The minimum atomic E-state index is -0.358. The summed E-state index contributed by atoms with van der Waals surface area (Å²) in [7, 11) is 1.74. The predicted octanol–water partition coefficient (Wildman–Crippen LogP) is 5.89. The fourth-order valence-electron chi connectivity index (χ4n) is 3.67. The largest absolute Gasteiger partial charge is 0.372 e. The van der Waals surface area contributed by atoms with Crippen molar-refractivity contribution in [3.63, 3.8) is 0 Å². The summed E-state index contributed by atoms with van der Waals surface area (Å²) in [6, 6.07) is 25.8. The highest BCUT2D eigenvalue weighted by molar-refractivity contribution is 5.92. The van der Waals surface area contributed by atoms with Gasteiger partial charge in [-0.25, -0.2) is 9.86 Å². The summed E-state index contributed by atoms with van der Waals surface area (Å²) in [5.74, 6) is -0.287. The van der Waals surface area contributed by atoms with E-state index in [4.69, 9.17) is 4.84 Å². The number of rotatable bonds is 8. The van der Waals surface area contributed by atoms with Gasteiger partial charge in [-0.3, -0.25) is 0 Å². The van der Waals surface area contributed by atoms with Crippen molar-refractivity contribution in [2.75, 3.05) is 30.1 Å². The maximum atomic E-state index is 12.9. The lowest BCUT2D eigenvalue weighted by molar-refractivity contribution is 0.0476. The van der Waals surface area contributed by atoms with Crippen LogP contribution in [0.1, 0.15) is 48.2 Å². The first-order chi connectivity index (χ1) is 14.5. The molecular formula is C26H30N2O2. The Morgan fingerprint density at radius 3 is 2.07 bits per heavy atom. The zero-order valence-corrected chi connectivity index (χ0v) is 18.2. The van der Waals surface area contributed by atoms with E-state index in [-0.39, 0.29) is 11.9 Å². The van der Waals surface area contributed by atoms with Crippen LogP contribution in [0.15, 0.2) is 78.9 Å². The lowest BCUT2D eigenvalue weighted by Gasteiger charge is -2.23. The predicted molar refractivity (Wildman–Crippen MR) is 124 cm³/mol. The van der Waals surface area contributed by atoms with Crippen LogP contribution in [0, 0.1) is 0 Å². The van der Waals surface area contributed by atoms with Crippen LogP contribution in [0.25, 0.3) is 0 Å². The van der Waals surface area contributed by atoms with E-state index >= 15 is 0 Å². The lowest BCUT2D eigenvalue weighted by atomic mass is 9.89. The van der Waals surface area contributed by atoms with Gasteiger partial charge in [-0.2, -0.15) is 0 Å². The second-order valence-electron chi connectivity index (χ2n) is 7.28. The number of benzene rings is 3. The molecule has 0 spiro atoms. The third-order valence-electron chi connectivity index (χ3n) is 5.51.